The lowest BCUT2D eigenvalue weighted by molar-refractivity contribution is -0.118. The van der Waals surface area contributed by atoms with Gasteiger partial charge in [-0.25, -0.2) is 9.97 Å². The highest BCUT2D eigenvalue weighted by Gasteiger charge is 2.19. The van der Waals surface area contributed by atoms with E-state index in [-0.39, 0.29) is 0 Å². The maximum atomic E-state index is 10.6. The SMILES string of the molecule is Cc1ncc(CN)c(N2CCN(C=O)CC2)n1. The van der Waals surface area contributed by atoms with E-state index in [4.69, 9.17) is 5.73 Å². The van der Waals surface area contributed by atoms with Gasteiger partial charge in [-0.15, -0.1) is 0 Å². The van der Waals surface area contributed by atoms with Crippen molar-refractivity contribution in [2.75, 3.05) is 31.1 Å². The summed E-state index contributed by atoms with van der Waals surface area (Å²) in [7, 11) is 0. The van der Waals surface area contributed by atoms with Crippen molar-refractivity contribution in [2.45, 2.75) is 13.5 Å². The minimum absolute atomic E-state index is 0.434. The minimum atomic E-state index is 0.434. The van der Waals surface area contributed by atoms with Gasteiger partial charge in [-0.05, 0) is 6.92 Å². The summed E-state index contributed by atoms with van der Waals surface area (Å²) in [5.74, 6) is 1.65. The van der Waals surface area contributed by atoms with Gasteiger partial charge in [0.25, 0.3) is 0 Å². The molecular formula is C11H17N5O. The average Bonchev–Trinajstić information content (AvgIpc) is 2.39. The van der Waals surface area contributed by atoms with Gasteiger partial charge < -0.3 is 15.5 Å². The molecule has 2 rings (SSSR count). The Hall–Kier alpha value is -1.69. The van der Waals surface area contributed by atoms with Crippen LogP contribution in [-0.2, 0) is 11.3 Å². The second kappa shape index (κ2) is 5.09. The predicted octanol–water partition coefficient (Wildman–Crippen LogP) is -0.478. The van der Waals surface area contributed by atoms with Crippen molar-refractivity contribution in [3.8, 4) is 0 Å². The number of carbonyl (C=O) groups is 1. The molecule has 1 fully saturated rings. The molecule has 1 aromatic rings. The Labute approximate surface area is 100 Å². The van der Waals surface area contributed by atoms with Gasteiger partial charge in [0.15, 0.2) is 0 Å². The zero-order valence-electron chi connectivity index (χ0n) is 9.96. The molecule has 6 heteroatoms. The summed E-state index contributed by atoms with van der Waals surface area (Å²) in [4.78, 5) is 23.2. The van der Waals surface area contributed by atoms with Crippen LogP contribution in [0.15, 0.2) is 6.20 Å². The number of hydrogen-bond donors (Lipinski definition) is 1. The number of rotatable bonds is 3. The normalized spacial score (nSPS) is 16.1. The van der Waals surface area contributed by atoms with Crippen LogP contribution in [0.1, 0.15) is 11.4 Å². The highest BCUT2D eigenvalue weighted by Crippen LogP contribution is 2.18. The van der Waals surface area contributed by atoms with E-state index in [0.717, 1.165) is 49.8 Å². The number of aromatic nitrogens is 2. The molecule has 0 aromatic carbocycles. The lowest BCUT2D eigenvalue weighted by atomic mass is 10.2. The smallest absolute Gasteiger partial charge is 0.209 e. The van der Waals surface area contributed by atoms with E-state index in [1.165, 1.54) is 0 Å². The molecule has 2 heterocycles. The van der Waals surface area contributed by atoms with Crippen molar-refractivity contribution in [1.29, 1.82) is 0 Å². The maximum Gasteiger partial charge on any atom is 0.209 e. The van der Waals surface area contributed by atoms with Crippen molar-refractivity contribution in [2.24, 2.45) is 5.73 Å². The van der Waals surface area contributed by atoms with Crippen LogP contribution in [0.5, 0.6) is 0 Å². The zero-order valence-corrected chi connectivity index (χ0v) is 9.96. The second-order valence-corrected chi connectivity index (χ2v) is 4.10. The fourth-order valence-corrected chi connectivity index (χ4v) is 1.94. The third-order valence-electron chi connectivity index (χ3n) is 2.94. The van der Waals surface area contributed by atoms with Crippen molar-refractivity contribution < 1.29 is 4.79 Å². The molecule has 1 amide bonds. The summed E-state index contributed by atoms with van der Waals surface area (Å²) in [5.41, 5.74) is 6.64. The lowest BCUT2D eigenvalue weighted by Crippen LogP contribution is -2.46. The van der Waals surface area contributed by atoms with Gasteiger partial charge in [0.2, 0.25) is 6.41 Å². The van der Waals surface area contributed by atoms with Gasteiger partial charge in [0.05, 0.1) is 0 Å². The molecule has 0 unspecified atom stereocenters. The molecule has 1 aliphatic rings. The van der Waals surface area contributed by atoms with Gasteiger partial charge in [0.1, 0.15) is 11.6 Å². The van der Waals surface area contributed by atoms with Crippen LogP contribution in [-0.4, -0.2) is 47.5 Å². The topological polar surface area (TPSA) is 75.3 Å². The number of aryl methyl sites for hydroxylation is 1. The summed E-state index contributed by atoms with van der Waals surface area (Å²) < 4.78 is 0. The first-order valence-electron chi connectivity index (χ1n) is 5.71. The van der Waals surface area contributed by atoms with E-state index in [1.807, 2.05) is 6.92 Å². The van der Waals surface area contributed by atoms with E-state index in [9.17, 15) is 4.79 Å². The van der Waals surface area contributed by atoms with Crippen LogP contribution in [0, 0.1) is 6.92 Å². The van der Waals surface area contributed by atoms with Crippen molar-refractivity contribution in [3.05, 3.63) is 17.6 Å². The van der Waals surface area contributed by atoms with E-state index in [0.29, 0.717) is 6.54 Å². The van der Waals surface area contributed by atoms with Gasteiger partial charge in [-0.2, -0.15) is 0 Å². The molecule has 0 aliphatic carbocycles. The molecule has 6 nitrogen and oxygen atoms in total. The van der Waals surface area contributed by atoms with E-state index in [1.54, 1.807) is 11.1 Å². The number of nitrogens with two attached hydrogens (primary N) is 1. The van der Waals surface area contributed by atoms with Crippen LogP contribution >= 0.6 is 0 Å². The maximum absolute atomic E-state index is 10.6. The van der Waals surface area contributed by atoms with Crippen molar-refractivity contribution in [3.63, 3.8) is 0 Å². The molecule has 0 spiro atoms. The standard InChI is InChI=1S/C11H17N5O/c1-9-13-7-10(6-12)11(14-9)16-4-2-15(8-17)3-5-16/h7-8H,2-6,12H2,1H3. The first kappa shape index (κ1) is 11.8. The predicted molar refractivity (Wildman–Crippen MR) is 64.5 cm³/mol. The molecule has 17 heavy (non-hydrogen) atoms. The Kier molecular flexibility index (Phi) is 3.53. The summed E-state index contributed by atoms with van der Waals surface area (Å²) in [5, 5.41) is 0. The van der Waals surface area contributed by atoms with Crippen LogP contribution < -0.4 is 10.6 Å². The molecule has 1 aromatic heterocycles. The molecule has 1 saturated heterocycles. The monoisotopic (exact) mass is 235 g/mol. The highest BCUT2D eigenvalue weighted by molar-refractivity contribution is 5.50. The first-order chi connectivity index (χ1) is 8.24. The lowest BCUT2D eigenvalue weighted by Gasteiger charge is -2.34. The highest BCUT2D eigenvalue weighted by atomic mass is 16.1. The van der Waals surface area contributed by atoms with Crippen LogP contribution in [0.3, 0.4) is 0 Å². The summed E-state index contributed by atoms with van der Waals surface area (Å²) >= 11 is 0. The number of carbonyl (C=O) groups excluding carboxylic acids is 1. The number of nitrogens with zero attached hydrogens (tertiary/aromatic N) is 4. The Morgan fingerprint density at radius 2 is 2.12 bits per heavy atom. The minimum Gasteiger partial charge on any atom is -0.353 e. The van der Waals surface area contributed by atoms with Crippen LogP contribution in [0.2, 0.25) is 0 Å². The Morgan fingerprint density at radius 3 is 2.71 bits per heavy atom. The van der Waals surface area contributed by atoms with Crippen LogP contribution in [0.25, 0.3) is 0 Å². The van der Waals surface area contributed by atoms with Crippen molar-refractivity contribution in [1.82, 2.24) is 14.9 Å². The largest absolute Gasteiger partial charge is 0.353 e. The molecule has 0 atom stereocenters. The summed E-state index contributed by atoms with van der Waals surface area (Å²) in [6.45, 7) is 5.35. The summed E-state index contributed by atoms with van der Waals surface area (Å²) in [6.07, 6.45) is 2.68. The third-order valence-corrected chi connectivity index (χ3v) is 2.94. The number of piperazine rings is 1. The van der Waals surface area contributed by atoms with Gasteiger partial charge in [-0.3, -0.25) is 4.79 Å². The fourth-order valence-electron chi connectivity index (χ4n) is 1.94. The molecule has 92 valence electrons. The first-order valence-corrected chi connectivity index (χ1v) is 5.71. The van der Waals surface area contributed by atoms with Gasteiger partial charge >= 0.3 is 0 Å². The third kappa shape index (κ3) is 2.52. The van der Waals surface area contributed by atoms with E-state index >= 15 is 0 Å². The summed E-state index contributed by atoms with van der Waals surface area (Å²) in [6, 6.07) is 0. The number of hydrogen-bond acceptors (Lipinski definition) is 5. The quantitative estimate of drug-likeness (QED) is 0.716. The van der Waals surface area contributed by atoms with Crippen molar-refractivity contribution >= 4 is 12.2 Å². The average molecular weight is 235 g/mol. The van der Waals surface area contributed by atoms with Gasteiger partial charge in [0, 0.05) is 44.5 Å². The van der Waals surface area contributed by atoms with E-state index in [2.05, 4.69) is 14.9 Å². The number of amides is 1. The Balaban J connectivity index is 2.17. The van der Waals surface area contributed by atoms with E-state index < -0.39 is 0 Å². The fraction of sp³-hybridized carbons (Fsp3) is 0.545. The molecule has 0 radical (unpaired) electrons. The molecule has 1 aliphatic heterocycles. The molecule has 2 N–H and O–H groups in total. The molecular weight excluding hydrogens is 218 g/mol. The zero-order chi connectivity index (χ0) is 12.3. The Bertz CT molecular complexity index is 401. The second-order valence-electron chi connectivity index (χ2n) is 4.10. The van der Waals surface area contributed by atoms with Gasteiger partial charge in [-0.1, -0.05) is 0 Å². The number of anilines is 1. The van der Waals surface area contributed by atoms with Crippen LogP contribution in [0.4, 0.5) is 5.82 Å². The molecule has 0 bridgehead atoms. The molecule has 0 saturated carbocycles. The Morgan fingerprint density at radius 1 is 1.41 bits per heavy atom.